The number of carbonyl (C=O) groups is 1. The molecule has 0 aromatic rings. The minimum Gasteiger partial charge on any atom is -0.465 e. The van der Waals surface area contributed by atoms with Gasteiger partial charge in [0, 0.05) is 0 Å². The molecule has 124 valence electrons. The standard InChI is InChI=1S/C18H35NO2/c1-3-4-5-6-7-8-9-10-11-12-16-21-18(20)17-14-13-15-19(17)2/h17H,3-16H2,1-2H3/t17-/m0/s1. The van der Waals surface area contributed by atoms with E-state index in [1.807, 2.05) is 7.05 Å². The second kappa shape index (κ2) is 12.0. The predicted octanol–water partition coefficient (Wildman–Crippen LogP) is 4.54. The predicted molar refractivity (Wildman–Crippen MR) is 88.5 cm³/mol. The van der Waals surface area contributed by atoms with E-state index in [4.69, 9.17) is 4.74 Å². The number of likely N-dealkylation sites (N-methyl/N-ethyl adjacent to an activating group) is 1. The molecule has 0 amide bonds. The summed E-state index contributed by atoms with van der Waals surface area (Å²) in [6, 6.07) is 0.0214. The van der Waals surface area contributed by atoms with E-state index >= 15 is 0 Å². The summed E-state index contributed by atoms with van der Waals surface area (Å²) in [5.41, 5.74) is 0. The fraction of sp³-hybridized carbons (Fsp3) is 0.944. The molecule has 0 aromatic carbocycles. The van der Waals surface area contributed by atoms with Gasteiger partial charge >= 0.3 is 5.97 Å². The zero-order valence-electron chi connectivity index (χ0n) is 14.2. The van der Waals surface area contributed by atoms with Crippen LogP contribution in [0.2, 0.25) is 0 Å². The number of esters is 1. The Morgan fingerprint density at radius 2 is 1.57 bits per heavy atom. The Hall–Kier alpha value is -0.570. The normalized spacial score (nSPS) is 19.0. The summed E-state index contributed by atoms with van der Waals surface area (Å²) in [6.45, 7) is 3.90. The molecule has 21 heavy (non-hydrogen) atoms. The fourth-order valence-electron chi connectivity index (χ4n) is 3.07. The van der Waals surface area contributed by atoms with Crippen LogP contribution < -0.4 is 0 Å². The zero-order valence-corrected chi connectivity index (χ0v) is 14.2. The Labute approximate surface area is 131 Å². The molecule has 1 fully saturated rings. The molecular formula is C18H35NO2. The second-order valence-corrected chi connectivity index (χ2v) is 6.49. The van der Waals surface area contributed by atoms with E-state index in [2.05, 4.69) is 11.8 Å². The van der Waals surface area contributed by atoms with E-state index in [9.17, 15) is 4.79 Å². The minimum atomic E-state index is -0.00840. The van der Waals surface area contributed by atoms with Crippen LogP contribution in [-0.2, 0) is 9.53 Å². The summed E-state index contributed by atoms with van der Waals surface area (Å²) in [7, 11) is 2.01. The van der Waals surface area contributed by atoms with Crippen LogP contribution >= 0.6 is 0 Å². The highest BCUT2D eigenvalue weighted by atomic mass is 16.5. The van der Waals surface area contributed by atoms with Gasteiger partial charge in [0.2, 0.25) is 0 Å². The van der Waals surface area contributed by atoms with Crippen LogP contribution in [0, 0.1) is 0 Å². The first-order valence-electron chi connectivity index (χ1n) is 9.12. The Morgan fingerprint density at radius 1 is 1.00 bits per heavy atom. The number of unbranched alkanes of at least 4 members (excludes halogenated alkanes) is 9. The summed E-state index contributed by atoms with van der Waals surface area (Å²) in [5, 5.41) is 0. The van der Waals surface area contributed by atoms with Gasteiger partial charge in [-0.15, -0.1) is 0 Å². The van der Waals surface area contributed by atoms with E-state index in [0.29, 0.717) is 6.61 Å². The molecule has 1 atom stereocenters. The van der Waals surface area contributed by atoms with Gasteiger partial charge in [0.1, 0.15) is 6.04 Å². The summed E-state index contributed by atoms with van der Waals surface area (Å²) >= 11 is 0. The van der Waals surface area contributed by atoms with Crippen molar-refractivity contribution < 1.29 is 9.53 Å². The quantitative estimate of drug-likeness (QED) is 0.391. The van der Waals surface area contributed by atoms with E-state index in [0.717, 1.165) is 25.8 Å². The van der Waals surface area contributed by atoms with Crippen LogP contribution in [-0.4, -0.2) is 37.1 Å². The van der Waals surface area contributed by atoms with Crippen molar-refractivity contribution in [2.24, 2.45) is 0 Å². The van der Waals surface area contributed by atoms with Crippen molar-refractivity contribution in [1.82, 2.24) is 4.90 Å². The van der Waals surface area contributed by atoms with Gasteiger partial charge in [-0.2, -0.15) is 0 Å². The molecule has 1 rings (SSSR count). The molecule has 0 aliphatic carbocycles. The summed E-state index contributed by atoms with van der Waals surface area (Å²) < 4.78 is 5.39. The Kier molecular flexibility index (Phi) is 10.6. The van der Waals surface area contributed by atoms with Crippen LogP contribution in [0.5, 0.6) is 0 Å². The summed E-state index contributed by atoms with van der Waals surface area (Å²) in [6.07, 6.45) is 15.2. The van der Waals surface area contributed by atoms with Crippen molar-refractivity contribution in [3.8, 4) is 0 Å². The highest BCUT2D eigenvalue weighted by molar-refractivity contribution is 5.76. The molecule has 1 aliphatic heterocycles. The van der Waals surface area contributed by atoms with Crippen molar-refractivity contribution in [3.63, 3.8) is 0 Å². The third-order valence-corrected chi connectivity index (χ3v) is 4.53. The minimum absolute atomic E-state index is 0.00840. The van der Waals surface area contributed by atoms with Gasteiger partial charge in [0.25, 0.3) is 0 Å². The van der Waals surface area contributed by atoms with Gasteiger partial charge in [-0.25, -0.2) is 0 Å². The molecular weight excluding hydrogens is 262 g/mol. The molecule has 3 heteroatoms. The molecule has 0 N–H and O–H groups in total. The van der Waals surface area contributed by atoms with Crippen molar-refractivity contribution in [2.45, 2.75) is 90.0 Å². The molecule has 3 nitrogen and oxygen atoms in total. The first kappa shape index (κ1) is 18.5. The maximum atomic E-state index is 11.9. The Balaban J connectivity index is 1.83. The third kappa shape index (κ3) is 8.45. The molecule has 0 bridgehead atoms. The van der Waals surface area contributed by atoms with Crippen LogP contribution in [0.3, 0.4) is 0 Å². The SMILES string of the molecule is CCCCCCCCCCCCOC(=O)[C@@H]1CCCN1C. The maximum Gasteiger partial charge on any atom is 0.323 e. The number of ether oxygens (including phenoxy) is 1. The van der Waals surface area contributed by atoms with E-state index in [1.165, 1.54) is 57.8 Å². The van der Waals surface area contributed by atoms with Gasteiger partial charge in [0.05, 0.1) is 6.61 Å². The number of likely N-dealkylation sites (tertiary alicyclic amines) is 1. The first-order valence-corrected chi connectivity index (χ1v) is 9.12. The topological polar surface area (TPSA) is 29.5 Å². The molecule has 0 saturated carbocycles. The molecule has 1 heterocycles. The lowest BCUT2D eigenvalue weighted by atomic mass is 10.1. The molecule has 1 aliphatic rings. The van der Waals surface area contributed by atoms with Gasteiger partial charge in [0.15, 0.2) is 0 Å². The fourth-order valence-corrected chi connectivity index (χ4v) is 3.07. The first-order chi connectivity index (χ1) is 10.3. The monoisotopic (exact) mass is 297 g/mol. The van der Waals surface area contributed by atoms with Crippen molar-refractivity contribution >= 4 is 5.97 Å². The summed E-state index contributed by atoms with van der Waals surface area (Å²) in [5.74, 6) is -0.00840. The number of hydrogen-bond acceptors (Lipinski definition) is 3. The number of rotatable bonds is 12. The number of nitrogens with zero attached hydrogens (tertiary/aromatic N) is 1. The van der Waals surface area contributed by atoms with E-state index in [-0.39, 0.29) is 12.0 Å². The van der Waals surface area contributed by atoms with Crippen LogP contribution in [0.15, 0.2) is 0 Å². The second-order valence-electron chi connectivity index (χ2n) is 6.49. The van der Waals surface area contributed by atoms with Gasteiger partial charge < -0.3 is 4.74 Å². The Morgan fingerprint density at radius 3 is 2.10 bits per heavy atom. The highest BCUT2D eigenvalue weighted by Crippen LogP contribution is 2.16. The largest absolute Gasteiger partial charge is 0.465 e. The molecule has 0 spiro atoms. The maximum absolute atomic E-state index is 11.9. The summed E-state index contributed by atoms with van der Waals surface area (Å²) in [4.78, 5) is 14.0. The molecule has 0 aromatic heterocycles. The van der Waals surface area contributed by atoms with Crippen molar-refractivity contribution in [2.75, 3.05) is 20.2 Å². The molecule has 0 radical (unpaired) electrons. The number of carbonyl (C=O) groups excluding carboxylic acids is 1. The molecule has 1 saturated heterocycles. The highest BCUT2D eigenvalue weighted by Gasteiger charge is 2.28. The van der Waals surface area contributed by atoms with Gasteiger partial charge in [-0.1, -0.05) is 64.7 Å². The zero-order chi connectivity index (χ0) is 15.3. The van der Waals surface area contributed by atoms with E-state index < -0.39 is 0 Å². The van der Waals surface area contributed by atoms with E-state index in [1.54, 1.807) is 0 Å². The number of hydrogen-bond donors (Lipinski definition) is 0. The lowest BCUT2D eigenvalue weighted by molar-refractivity contribution is -0.148. The van der Waals surface area contributed by atoms with Gasteiger partial charge in [-0.05, 0) is 32.9 Å². The van der Waals surface area contributed by atoms with Gasteiger partial charge in [-0.3, -0.25) is 9.69 Å². The average molecular weight is 297 g/mol. The van der Waals surface area contributed by atoms with Crippen LogP contribution in [0.1, 0.15) is 84.0 Å². The average Bonchev–Trinajstić information content (AvgIpc) is 2.91. The lowest BCUT2D eigenvalue weighted by Gasteiger charge is -2.17. The Bertz CT molecular complexity index is 268. The molecule has 0 unspecified atom stereocenters. The van der Waals surface area contributed by atoms with Crippen molar-refractivity contribution in [1.29, 1.82) is 0 Å². The third-order valence-electron chi connectivity index (χ3n) is 4.53. The van der Waals surface area contributed by atoms with Crippen LogP contribution in [0.4, 0.5) is 0 Å². The van der Waals surface area contributed by atoms with Crippen LogP contribution in [0.25, 0.3) is 0 Å². The smallest absolute Gasteiger partial charge is 0.323 e. The van der Waals surface area contributed by atoms with Crippen molar-refractivity contribution in [3.05, 3.63) is 0 Å². The lowest BCUT2D eigenvalue weighted by Crippen LogP contribution is -2.34.